The number of pyridine rings is 1. The van der Waals surface area contributed by atoms with Crippen LogP contribution in [-0.2, 0) is 17.8 Å². The highest BCUT2D eigenvalue weighted by Crippen LogP contribution is 2.38. The third kappa shape index (κ3) is 7.25. The van der Waals surface area contributed by atoms with Gasteiger partial charge in [0.25, 0.3) is 11.5 Å². The zero-order chi connectivity index (χ0) is 32.9. The molecule has 0 spiro atoms. The number of halogens is 1. The van der Waals surface area contributed by atoms with Crippen molar-refractivity contribution in [2.45, 2.75) is 32.4 Å². The van der Waals surface area contributed by atoms with Crippen molar-refractivity contribution < 1.29 is 14.3 Å². The SMILES string of the molecule is CNc1ncc2cc(-c3cc(OC)cc(OC)c3Cl)c(=O)n(CCc3ccc(NC(=O)/C(C#N)=C/C(C)(C)N(C)C)cc3)c2n1. The first kappa shape index (κ1) is 33.0. The van der Waals surface area contributed by atoms with Gasteiger partial charge in [-0.2, -0.15) is 10.2 Å². The van der Waals surface area contributed by atoms with Crippen molar-refractivity contribution in [2.75, 3.05) is 46.0 Å². The highest BCUT2D eigenvalue weighted by molar-refractivity contribution is 6.35. The summed E-state index contributed by atoms with van der Waals surface area (Å²) in [5.41, 5.74) is 2.01. The molecular formula is C33H36ClN7O4. The summed E-state index contributed by atoms with van der Waals surface area (Å²) in [6.45, 7) is 4.14. The summed E-state index contributed by atoms with van der Waals surface area (Å²) < 4.78 is 12.4. The monoisotopic (exact) mass is 629 g/mol. The first-order valence-electron chi connectivity index (χ1n) is 14.1. The summed E-state index contributed by atoms with van der Waals surface area (Å²) in [5, 5.41) is 16.2. The third-order valence-electron chi connectivity index (χ3n) is 7.66. The number of anilines is 2. The molecule has 234 valence electrons. The van der Waals surface area contributed by atoms with E-state index in [0.29, 0.717) is 58.3 Å². The molecule has 45 heavy (non-hydrogen) atoms. The van der Waals surface area contributed by atoms with E-state index in [9.17, 15) is 14.9 Å². The number of hydrogen-bond acceptors (Lipinski definition) is 9. The largest absolute Gasteiger partial charge is 0.497 e. The summed E-state index contributed by atoms with van der Waals surface area (Å²) in [7, 11) is 8.50. The molecule has 0 atom stereocenters. The number of aryl methyl sites for hydroxylation is 2. The topological polar surface area (TPSA) is 134 Å². The van der Waals surface area contributed by atoms with E-state index < -0.39 is 11.4 Å². The lowest BCUT2D eigenvalue weighted by Gasteiger charge is -2.29. The Morgan fingerprint density at radius 1 is 1.13 bits per heavy atom. The average molecular weight is 630 g/mol. The molecular weight excluding hydrogens is 594 g/mol. The van der Waals surface area contributed by atoms with Gasteiger partial charge in [0, 0.05) is 53.6 Å². The number of fused-ring (bicyclic) bond motifs is 1. The molecule has 2 heterocycles. The molecule has 0 saturated carbocycles. The van der Waals surface area contributed by atoms with Crippen LogP contribution in [0.2, 0.25) is 5.02 Å². The number of carbonyl (C=O) groups is 1. The number of nitrogens with one attached hydrogen (secondary N) is 2. The van der Waals surface area contributed by atoms with Crippen molar-refractivity contribution in [3.8, 4) is 28.7 Å². The van der Waals surface area contributed by atoms with Crippen LogP contribution in [0.4, 0.5) is 11.6 Å². The maximum Gasteiger partial charge on any atom is 0.266 e. The van der Waals surface area contributed by atoms with Gasteiger partial charge in [0.1, 0.15) is 28.8 Å². The summed E-state index contributed by atoms with van der Waals surface area (Å²) in [5.74, 6) is 0.766. The third-order valence-corrected chi connectivity index (χ3v) is 8.05. The first-order valence-corrected chi connectivity index (χ1v) is 14.5. The molecule has 0 radical (unpaired) electrons. The van der Waals surface area contributed by atoms with Crippen LogP contribution in [0.25, 0.3) is 22.2 Å². The quantitative estimate of drug-likeness (QED) is 0.171. The molecule has 4 aromatic rings. The molecule has 0 saturated heterocycles. The fourth-order valence-corrected chi connectivity index (χ4v) is 4.83. The molecule has 12 heteroatoms. The molecule has 1 amide bonds. The Balaban J connectivity index is 1.65. The summed E-state index contributed by atoms with van der Waals surface area (Å²) in [6.07, 6.45) is 3.78. The standard InChI is InChI=1S/C33H36ClN7O4/c1-33(2,40(4)5)17-22(18-35)30(42)38-23-10-8-20(9-11-23)12-13-41-29-21(19-37-32(36-3)39-29)14-26(31(41)43)25-15-24(44-6)16-27(45-7)28(25)34/h8-11,14-17,19H,12-13H2,1-7H3,(H,38,42)(H,36,37,39)/b22-17+. The van der Waals surface area contributed by atoms with Gasteiger partial charge >= 0.3 is 0 Å². The number of rotatable bonds is 11. The Kier molecular flexibility index (Phi) is 10.1. The van der Waals surface area contributed by atoms with Gasteiger partial charge in [-0.05, 0) is 70.3 Å². The number of methoxy groups -OCH3 is 2. The van der Waals surface area contributed by atoms with E-state index in [1.54, 1.807) is 54.2 Å². The number of carbonyl (C=O) groups excluding carboxylic acids is 1. The van der Waals surface area contributed by atoms with Gasteiger partial charge in [-0.3, -0.25) is 14.2 Å². The van der Waals surface area contributed by atoms with Crippen LogP contribution in [0.5, 0.6) is 11.5 Å². The number of benzene rings is 2. The highest BCUT2D eigenvalue weighted by Gasteiger charge is 2.22. The van der Waals surface area contributed by atoms with Gasteiger partial charge in [0.2, 0.25) is 5.95 Å². The smallest absolute Gasteiger partial charge is 0.266 e. The molecule has 0 unspecified atom stereocenters. The van der Waals surface area contributed by atoms with Crippen molar-refractivity contribution in [3.63, 3.8) is 0 Å². The van der Waals surface area contributed by atoms with E-state index in [4.69, 9.17) is 21.1 Å². The van der Waals surface area contributed by atoms with Crippen molar-refractivity contribution in [1.29, 1.82) is 5.26 Å². The summed E-state index contributed by atoms with van der Waals surface area (Å²) >= 11 is 6.67. The minimum absolute atomic E-state index is 0.0283. The maximum atomic E-state index is 14.0. The molecule has 4 rings (SSSR count). The zero-order valence-corrected chi connectivity index (χ0v) is 27.1. The lowest BCUT2D eigenvalue weighted by atomic mass is 10.00. The molecule has 11 nitrogen and oxygen atoms in total. The van der Waals surface area contributed by atoms with Crippen LogP contribution < -0.4 is 25.7 Å². The molecule has 2 N–H and O–H groups in total. The van der Waals surface area contributed by atoms with Crippen LogP contribution in [0.3, 0.4) is 0 Å². The number of nitriles is 1. The predicted octanol–water partition coefficient (Wildman–Crippen LogP) is 5.14. The number of hydrogen-bond donors (Lipinski definition) is 2. The van der Waals surface area contributed by atoms with Crippen molar-refractivity contribution in [3.05, 3.63) is 81.3 Å². The lowest BCUT2D eigenvalue weighted by molar-refractivity contribution is -0.112. The number of aromatic nitrogens is 3. The van der Waals surface area contributed by atoms with Crippen molar-refractivity contribution >= 4 is 40.2 Å². The van der Waals surface area contributed by atoms with Gasteiger partial charge in [-0.15, -0.1) is 0 Å². The molecule has 0 aliphatic rings. The number of amides is 1. The van der Waals surface area contributed by atoms with Gasteiger partial charge in [-0.1, -0.05) is 23.7 Å². The zero-order valence-electron chi connectivity index (χ0n) is 26.4. The van der Waals surface area contributed by atoms with Gasteiger partial charge in [-0.25, -0.2) is 4.98 Å². The van der Waals surface area contributed by atoms with Crippen LogP contribution >= 0.6 is 11.6 Å². The fraction of sp³-hybridized carbons (Fsp3) is 0.303. The molecule has 0 aliphatic heterocycles. The second-order valence-corrected chi connectivity index (χ2v) is 11.4. The second-order valence-electron chi connectivity index (χ2n) is 11.0. The number of ether oxygens (including phenoxy) is 2. The Hall–Kier alpha value is -4.92. The Bertz CT molecular complexity index is 1860. The molecule has 2 aromatic carbocycles. The van der Waals surface area contributed by atoms with Gasteiger partial charge < -0.3 is 25.0 Å². The Labute approximate surface area is 267 Å². The maximum absolute atomic E-state index is 14.0. The minimum atomic E-state index is -0.483. The van der Waals surface area contributed by atoms with Gasteiger partial charge in [0.05, 0.1) is 19.2 Å². The molecule has 0 bridgehead atoms. The lowest BCUT2D eigenvalue weighted by Crippen LogP contribution is -2.37. The highest BCUT2D eigenvalue weighted by atomic mass is 35.5. The normalized spacial score (nSPS) is 11.8. The van der Waals surface area contributed by atoms with E-state index in [-0.39, 0.29) is 16.2 Å². The Morgan fingerprint density at radius 2 is 1.84 bits per heavy atom. The van der Waals surface area contributed by atoms with E-state index in [1.807, 2.05) is 51.0 Å². The molecule has 2 aromatic heterocycles. The van der Waals surface area contributed by atoms with Crippen LogP contribution in [0.1, 0.15) is 19.4 Å². The van der Waals surface area contributed by atoms with E-state index >= 15 is 0 Å². The van der Waals surface area contributed by atoms with E-state index in [2.05, 4.69) is 20.6 Å². The second kappa shape index (κ2) is 13.8. The number of likely N-dealkylation sites (N-methyl/N-ethyl adjacent to an activating group) is 1. The molecule has 0 aliphatic carbocycles. The van der Waals surface area contributed by atoms with Crippen molar-refractivity contribution in [1.82, 2.24) is 19.4 Å². The average Bonchev–Trinajstić information content (AvgIpc) is 3.03. The minimum Gasteiger partial charge on any atom is -0.497 e. The first-order chi connectivity index (χ1) is 21.4. The molecule has 0 fully saturated rings. The van der Waals surface area contributed by atoms with Crippen LogP contribution in [0.15, 0.2) is 65.1 Å². The Morgan fingerprint density at radius 3 is 2.44 bits per heavy atom. The summed E-state index contributed by atoms with van der Waals surface area (Å²) in [4.78, 5) is 37.7. The van der Waals surface area contributed by atoms with E-state index in [0.717, 1.165) is 5.56 Å². The summed E-state index contributed by atoms with van der Waals surface area (Å²) in [6, 6.07) is 14.3. The fourth-order valence-electron chi connectivity index (χ4n) is 4.54. The van der Waals surface area contributed by atoms with Gasteiger partial charge in [0.15, 0.2) is 0 Å². The van der Waals surface area contributed by atoms with Crippen molar-refractivity contribution in [2.24, 2.45) is 0 Å². The van der Waals surface area contributed by atoms with Crippen LogP contribution in [0, 0.1) is 11.3 Å². The predicted molar refractivity (Wildman–Crippen MR) is 177 cm³/mol. The van der Waals surface area contributed by atoms with E-state index in [1.165, 1.54) is 14.2 Å². The van der Waals surface area contributed by atoms with Crippen LogP contribution in [-0.4, -0.2) is 66.2 Å². The number of nitrogens with zero attached hydrogens (tertiary/aromatic N) is 5.